The maximum atomic E-state index is 2.70. The van der Waals surface area contributed by atoms with Crippen molar-refractivity contribution in [2.45, 2.75) is 12.1 Å². The van der Waals surface area contributed by atoms with Gasteiger partial charge in [0.15, 0.2) is 0 Å². The summed E-state index contributed by atoms with van der Waals surface area (Å²) in [6.45, 7) is 0. The fourth-order valence-electron chi connectivity index (χ4n) is 9.21. The molecule has 8 aromatic rings. The Bertz CT molecular complexity index is 2380. The molecule has 0 radical (unpaired) electrons. The van der Waals surface area contributed by atoms with Crippen LogP contribution in [0.1, 0.15) is 34.3 Å². The largest absolute Gasteiger partial charge is 0.327 e. The predicted octanol–water partition coefficient (Wildman–Crippen LogP) is 9.43. The summed E-state index contributed by atoms with van der Waals surface area (Å²) in [7, 11) is 0. The molecule has 0 N–H and O–H groups in total. The number of hydrogen-bond acceptors (Lipinski definition) is 0. The molecular formula is C38H20N2. The first-order valence-corrected chi connectivity index (χ1v) is 14.3. The number of benzene rings is 6. The Labute approximate surface area is 229 Å². The molecule has 2 unspecified atom stereocenters. The van der Waals surface area contributed by atoms with E-state index in [-0.39, 0.29) is 12.1 Å². The zero-order valence-corrected chi connectivity index (χ0v) is 21.4. The molecule has 0 fully saturated rings. The van der Waals surface area contributed by atoms with Crippen molar-refractivity contribution in [3.05, 3.63) is 131 Å². The highest BCUT2D eigenvalue weighted by atomic mass is 15.1. The second kappa shape index (κ2) is 5.90. The van der Waals surface area contributed by atoms with Gasteiger partial charge in [-0.15, -0.1) is 0 Å². The van der Waals surface area contributed by atoms with Gasteiger partial charge >= 0.3 is 0 Å². The van der Waals surface area contributed by atoms with E-state index >= 15 is 0 Å². The van der Waals surface area contributed by atoms with Crippen LogP contribution in [-0.2, 0) is 0 Å². The highest BCUT2D eigenvalue weighted by Gasteiger charge is 2.43. The predicted molar refractivity (Wildman–Crippen MR) is 163 cm³/mol. The van der Waals surface area contributed by atoms with E-state index in [2.05, 4.69) is 118 Å². The molecule has 12 rings (SSSR count). The van der Waals surface area contributed by atoms with Gasteiger partial charge in [-0.1, -0.05) is 103 Å². The molecule has 0 spiro atoms. The number of para-hydroxylation sites is 2. The first-order valence-electron chi connectivity index (χ1n) is 14.3. The quantitative estimate of drug-likeness (QED) is 0.195. The van der Waals surface area contributed by atoms with Gasteiger partial charge in [-0.3, -0.25) is 0 Å². The molecule has 2 heteroatoms. The zero-order chi connectivity index (χ0) is 25.4. The first-order chi connectivity index (χ1) is 19.9. The summed E-state index contributed by atoms with van der Waals surface area (Å²) >= 11 is 0. The van der Waals surface area contributed by atoms with Crippen LogP contribution in [0.5, 0.6) is 0 Å². The molecule has 0 aliphatic carbocycles. The van der Waals surface area contributed by atoms with Crippen LogP contribution >= 0.6 is 0 Å². The van der Waals surface area contributed by atoms with Gasteiger partial charge in [0.2, 0.25) is 0 Å². The number of hydrogen-bond donors (Lipinski definition) is 0. The van der Waals surface area contributed by atoms with Gasteiger partial charge in [-0.25, -0.2) is 0 Å². The number of fused-ring (bicyclic) bond motifs is 10. The lowest BCUT2D eigenvalue weighted by Crippen LogP contribution is -2.26. The lowest BCUT2D eigenvalue weighted by Gasteiger charge is -2.40. The standard InChI is InChI=1S/C38H20N2/c1-3-10-21-19(8-1)23-12-5-14-25-29-18-30-26-15-6-13-24-20-9-2-4-11-22(20)36-28-17-7-16-27-31(28)32(38(30)40(36)34(24)26)37(29)39(33(23)25)35(21)27/h1-18,35-36H. The fourth-order valence-corrected chi connectivity index (χ4v) is 9.21. The van der Waals surface area contributed by atoms with Gasteiger partial charge in [0.05, 0.1) is 34.2 Å². The van der Waals surface area contributed by atoms with Gasteiger partial charge in [-0.2, -0.15) is 0 Å². The highest BCUT2D eigenvalue weighted by Crippen LogP contribution is 2.62. The normalized spacial score (nSPS) is 18.0. The van der Waals surface area contributed by atoms with E-state index in [0.29, 0.717) is 0 Å². The van der Waals surface area contributed by atoms with E-state index in [1.165, 1.54) is 99.2 Å². The van der Waals surface area contributed by atoms with Crippen molar-refractivity contribution in [1.82, 2.24) is 9.13 Å². The summed E-state index contributed by atoms with van der Waals surface area (Å²) in [5.41, 5.74) is 19.7. The van der Waals surface area contributed by atoms with Crippen molar-refractivity contribution in [2.24, 2.45) is 0 Å². The Morgan fingerprint density at radius 2 is 0.800 bits per heavy atom. The highest BCUT2D eigenvalue weighted by molar-refractivity contribution is 6.29. The first kappa shape index (κ1) is 19.1. The molecule has 2 aromatic heterocycles. The molecule has 0 saturated heterocycles. The molecule has 0 bridgehead atoms. The average molecular weight is 505 g/mol. The summed E-state index contributed by atoms with van der Waals surface area (Å²) in [5.74, 6) is 0. The van der Waals surface area contributed by atoms with Crippen LogP contribution in [0.3, 0.4) is 0 Å². The molecule has 182 valence electrons. The molecule has 40 heavy (non-hydrogen) atoms. The van der Waals surface area contributed by atoms with Crippen LogP contribution in [0, 0.1) is 0 Å². The van der Waals surface area contributed by atoms with E-state index < -0.39 is 0 Å². The van der Waals surface area contributed by atoms with Crippen LogP contribution in [0.2, 0.25) is 0 Å². The topological polar surface area (TPSA) is 9.86 Å². The fraction of sp³-hybridized carbons (Fsp3) is 0.0526. The van der Waals surface area contributed by atoms with Crippen LogP contribution in [0.15, 0.2) is 109 Å². The number of nitrogens with zero attached hydrogens (tertiary/aromatic N) is 2. The van der Waals surface area contributed by atoms with E-state index in [1.807, 2.05) is 0 Å². The number of aromatic nitrogens is 2. The van der Waals surface area contributed by atoms with Gasteiger partial charge < -0.3 is 9.13 Å². The zero-order valence-electron chi connectivity index (χ0n) is 21.4. The Morgan fingerprint density at radius 1 is 0.350 bits per heavy atom. The molecular weight excluding hydrogens is 484 g/mol. The van der Waals surface area contributed by atoms with E-state index in [0.717, 1.165) is 0 Å². The minimum Gasteiger partial charge on any atom is -0.327 e. The average Bonchev–Trinajstić information content (AvgIpc) is 3.53. The summed E-state index contributed by atoms with van der Waals surface area (Å²) in [6.07, 6.45) is 0. The second-order valence-corrected chi connectivity index (χ2v) is 12.0. The van der Waals surface area contributed by atoms with Crippen molar-refractivity contribution in [2.75, 3.05) is 0 Å². The van der Waals surface area contributed by atoms with Crippen molar-refractivity contribution in [3.8, 4) is 33.4 Å². The maximum Gasteiger partial charge on any atom is 0.0857 e. The molecule has 2 atom stereocenters. The van der Waals surface area contributed by atoms with Crippen molar-refractivity contribution in [3.63, 3.8) is 0 Å². The lowest BCUT2D eigenvalue weighted by atomic mass is 9.76. The van der Waals surface area contributed by atoms with Crippen LogP contribution < -0.4 is 0 Å². The van der Waals surface area contributed by atoms with E-state index in [4.69, 9.17) is 0 Å². The van der Waals surface area contributed by atoms with E-state index in [9.17, 15) is 0 Å². The van der Waals surface area contributed by atoms with Gasteiger partial charge in [0, 0.05) is 38.2 Å². The van der Waals surface area contributed by atoms with E-state index in [1.54, 1.807) is 0 Å². The lowest BCUT2D eigenvalue weighted by molar-refractivity contribution is 0.687. The third kappa shape index (κ3) is 1.74. The summed E-state index contributed by atoms with van der Waals surface area (Å²) in [4.78, 5) is 0. The minimum absolute atomic E-state index is 0.177. The molecule has 2 nitrogen and oxygen atoms in total. The molecule has 4 aliphatic rings. The van der Waals surface area contributed by atoms with Gasteiger partial charge in [0.25, 0.3) is 0 Å². The summed E-state index contributed by atoms with van der Waals surface area (Å²) < 4.78 is 5.40. The third-order valence-electron chi connectivity index (χ3n) is 10.5. The molecule has 0 amide bonds. The van der Waals surface area contributed by atoms with Crippen molar-refractivity contribution in [1.29, 1.82) is 0 Å². The molecule has 0 saturated carbocycles. The Kier molecular flexibility index (Phi) is 2.81. The van der Waals surface area contributed by atoms with Gasteiger partial charge in [-0.05, 0) is 45.0 Å². The number of rotatable bonds is 0. The van der Waals surface area contributed by atoms with Crippen LogP contribution in [0.4, 0.5) is 0 Å². The molecule has 6 heterocycles. The second-order valence-electron chi connectivity index (χ2n) is 12.0. The Hall–Kier alpha value is -5.08. The summed E-state index contributed by atoms with van der Waals surface area (Å²) in [5, 5.41) is 5.52. The Balaban J connectivity index is 1.45. The Morgan fingerprint density at radius 3 is 1.35 bits per heavy atom. The monoisotopic (exact) mass is 504 g/mol. The molecule has 6 aromatic carbocycles. The minimum atomic E-state index is 0.177. The van der Waals surface area contributed by atoms with Gasteiger partial charge in [0.1, 0.15) is 0 Å². The summed E-state index contributed by atoms with van der Waals surface area (Å²) in [6, 6.07) is 42.1. The molecule has 4 aliphatic heterocycles. The SMILES string of the molecule is c1ccc2c(c1)-c1cccc3c4cc5c6cccc7c6n6c5c5c4n(c13)C2c1cccc(c1-5)C6c1ccccc1-7. The van der Waals surface area contributed by atoms with Crippen molar-refractivity contribution >= 4 is 43.6 Å². The third-order valence-corrected chi connectivity index (χ3v) is 10.5. The smallest absolute Gasteiger partial charge is 0.0857 e. The maximum absolute atomic E-state index is 2.70. The van der Waals surface area contributed by atoms with Crippen LogP contribution in [0.25, 0.3) is 77.0 Å². The van der Waals surface area contributed by atoms with Crippen LogP contribution in [-0.4, -0.2) is 9.13 Å². The van der Waals surface area contributed by atoms with Crippen molar-refractivity contribution < 1.29 is 0 Å².